The zero-order valence-corrected chi connectivity index (χ0v) is 11.5. The quantitative estimate of drug-likeness (QED) is 0.723. The van der Waals surface area contributed by atoms with Gasteiger partial charge in [0.05, 0.1) is 16.7 Å². The van der Waals surface area contributed by atoms with Crippen molar-refractivity contribution in [2.45, 2.75) is 12.5 Å². The van der Waals surface area contributed by atoms with E-state index in [0.717, 1.165) is 23.1 Å². The van der Waals surface area contributed by atoms with Crippen molar-refractivity contribution in [3.05, 3.63) is 23.8 Å². The van der Waals surface area contributed by atoms with Gasteiger partial charge in [-0.15, -0.1) is 0 Å². The summed E-state index contributed by atoms with van der Waals surface area (Å²) in [5, 5.41) is 4.44. The standard InChI is InChI=1S/C14H19N5/c1-14(19(2)3)7-17-13-8(14)4-5-10-12(13)9(15)6-11(16)18-10/h4-6,17H,7H2,1-3H3,(H4,15,16,18). The lowest BCUT2D eigenvalue weighted by Gasteiger charge is -2.32. The summed E-state index contributed by atoms with van der Waals surface area (Å²) in [5.74, 6) is 0.457. The summed E-state index contributed by atoms with van der Waals surface area (Å²) in [5.41, 5.74) is 15.7. The number of likely N-dealkylation sites (N-methyl/N-ethyl adjacent to an activating group) is 1. The van der Waals surface area contributed by atoms with E-state index < -0.39 is 0 Å². The van der Waals surface area contributed by atoms with Gasteiger partial charge < -0.3 is 16.8 Å². The van der Waals surface area contributed by atoms with Gasteiger partial charge in [0.25, 0.3) is 0 Å². The molecule has 2 aromatic rings. The Hall–Kier alpha value is -2.01. The number of nitrogens with two attached hydrogens (primary N) is 2. The third-order valence-corrected chi connectivity index (χ3v) is 4.20. The molecule has 0 aliphatic carbocycles. The summed E-state index contributed by atoms with van der Waals surface area (Å²) >= 11 is 0. The topological polar surface area (TPSA) is 80.2 Å². The molecule has 0 fully saturated rings. The van der Waals surface area contributed by atoms with Crippen LogP contribution in [0.15, 0.2) is 18.2 Å². The van der Waals surface area contributed by atoms with E-state index in [9.17, 15) is 0 Å². The number of pyridine rings is 1. The molecule has 2 heterocycles. The predicted octanol–water partition coefficient (Wildman–Crippen LogP) is 1.60. The van der Waals surface area contributed by atoms with Crippen molar-refractivity contribution in [1.29, 1.82) is 0 Å². The second-order valence-corrected chi connectivity index (χ2v) is 5.54. The number of aromatic nitrogens is 1. The van der Waals surface area contributed by atoms with Crippen molar-refractivity contribution >= 4 is 28.1 Å². The zero-order valence-electron chi connectivity index (χ0n) is 11.5. The maximum atomic E-state index is 6.12. The lowest BCUT2D eigenvalue weighted by atomic mass is 9.91. The number of hydrogen-bond acceptors (Lipinski definition) is 5. The molecule has 1 aliphatic heterocycles. The molecule has 1 aromatic carbocycles. The van der Waals surface area contributed by atoms with E-state index in [2.05, 4.69) is 42.3 Å². The van der Waals surface area contributed by atoms with E-state index in [1.165, 1.54) is 5.56 Å². The molecule has 0 radical (unpaired) electrons. The molecule has 5 nitrogen and oxygen atoms in total. The van der Waals surface area contributed by atoms with E-state index in [-0.39, 0.29) is 5.54 Å². The van der Waals surface area contributed by atoms with Crippen LogP contribution in [0.5, 0.6) is 0 Å². The fourth-order valence-corrected chi connectivity index (χ4v) is 2.77. The Morgan fingerprint density at radius 1 is 1.32 bits per heavy atom. The fourth-order valence-electron chi connectivity index (χ4n) is 2.77. The lowest BCUT2D eigenvalue weighted by Crippen LogP contribution is -2.40. The molecule has 1 unspecified atom stereocenters. The van der Waals surface area contributed by atoms with Crippen LogP contribution in [0.1, 0.15) is 12.5 Å². The lowest BCUT2D eigenvalue weighted by molar-refractivity contribution is 0.198. The van der Waals surface area contributed by atoms with Crippen LogP contribution in [0, 0.1) is 0 Å². The molecule has 3 rings (SSSR count). The van der Waals surface area contributed by atoms with Crippen LogP contribution < -0.4 is 16.8 Å². The molecule has 19 heavy (non-hydrogen) atoms. The zero-order chi connectivity index (χ0) is 13.8. The summed E-state index contributed by atoms with van der Waals surface area (Å²) in [6, 6.07) is 5.83. The number of rotatable bonds is 1. The molecule has 100 valence electrons. The van der Waals surface area contributed by atoms with Gasteiger partial charge in [0.15, 0.2) is 0 Å². The van der Waals surface area contributed by atoms with Gasteiger partial charge >= 0.3 is 0 Å². The molecule has 5 heteroatoms. The summed E-state index contributed by atoms with van der Waals surface area (Å²) in [4.78, 5) is 6.57. The van der Waals surface area contributed by atoms with Gasteiger partial charge in [-0.05, 0) is 32.6 Å². The molecule has 1 aromatic heterocycles. The van der Waals surface area contributed by atoms with Crippen LogP contribution in [0.4, 0.5) is 17.2 Å². The first kappa shape index (κ1) is 12.0. The molecule has 0 bridgehead atoms. The van der Waals surface area contributed by atoms with Crippen molar-refractivity contribution in [3.63, 3.8) is 0 Å². The molecule has 0 spiro atoms. The molecule has 5 N–H and O–H groups in total. The smallest absolute Gasteiger partial charge is 0.126 e. The van der Waals surface area contributed by atoms with Crippen LogP contribution in [0.3, 0.4) is 0 Å². The molecule has 1 aliphatic rings. The predicted molar refractivity (Wildman–Crippen MR) is 80.1 cm³/mol. The summed E-state index contributed by atoms with van der Waals surface area (Å²) in [7, 11) is 4.18. The first-order valence-electron chi connectivity index (χ1n) is 6.34. The minimum absolute atomic E-state index is 0.0304. The summed E-state index contributed by atoms with van der Waals surface area (Å²) < 4.78 is 0. The van der Waals surface area contributed by atoms with Gasteiger partial charge in [0.1, 0.15) is 5.82 Å². The number of nitrogens with zero attached hydrogens (tertiary/aromatic N) is 2. The summed E-state index contributed by atoms with van der Waals surface area (Å²) in [6.07, 6.45) is 0. The first-order chi connectivity index (χ1) is 8.93. The molecule has 1 atom stereocenters. The Morgan fingerprint density at radius 2 is 2.05 bits per heavy atom. The van der Waals surface area contributed by atoms with Crippen molar-refractivity contribution in [2.75, 3.05) is 37.4 Å². The normalized spacial score (nSPS) is 21.7. The highest BCUT2D eigenvalue weighted by Gasteiger charge is 2.37. The number of nitrogen functional groups attached to an aromatic ring is 2. The number of fused-ring (bicyclic) bond motifs is 3. The van der Waals surface area contributed by atoms with Crippen LogP contribution in [-0.2, 0) is 5.54 Å². The number of benzene rings is 1. The second kappa shape index (κ2) is 3.74. The van der Waals surface area contributed by atoms with E-state index in [1.807, 2.05) is 6.07 Å². The minimum Gasteiger partial charge on any atom is -0.398 e. The molecular formula is C14H19N5. The number of anilines is 3. The first-order valence-corrected chi connectivity index (χ1v) is 6.34. The average molecular weight is 257 g/mol. The average Bonchev–Trinajstić information content (AvgIpc) is 2.67. The maximum absolute atomic E-state index is 6.12. The Morgan fingerprint density at radius 3 is 2.74 bits per heavy atom. The molecule has 0 saturated heterocycles. The van der Waals surface area contributed by atoms with Crippen molar-refractivity contribution < 1.29 is 0 Å². The molecule has 0 saturated carbocycles. The Labute approximate surface area is 112 Å². The van der Waals surface area contributed by atoms with E-state index in [0.29, 0.717) is 11.5 Å². The minimum atomic E-state index is -0.0304. The fraction of sp³-hybridized carbons (Fsp3) is 0.357. The third kappa shape index (κ3) is 1.55. The van der Waals surface area contributed by atoms with Crippen molar-refractivity contribution in [1.82, 2.24) is 9.88 Å². The summed E-state index contributed by atoms with van der Waals surface area (Å²) in [6.45, 7) is 3.08. The second-order valence-electron chi connectivity index (χ2n) is 5.54. The van der Waals surface area contributed by atoms with Gasteiger partial charge in [-0.25, -0.2) is 4.98 Å². The molecular weight excluding hydrogens is 238 g/mol. The highest BCUT2D eigenvalue weighted by Crippen LogP contribution is 2.43. The number of nitrogens with one attached hydrogen (secondary N) is 1. The third-order valence-electron chi connectivity index (χ3n) is 4.20. The van der Waals surface area contributed by atoms with Crippen LogP contribution in [0.25, 0.3) is 10.9 Å². The molecule has 0 amide bonds. The SMILES string of the molecule is CN(C)C1(C)CNc2c1ccc1nc(N)cc(N)c21. The number of hydrogen-bond donors (Lipinski definition) is 3. The highest BCUT2D eigenvalue weighted by molar-refractivity contribution is 6.03. The van der Waals surface area contributed by atoms with E-state index >= 15 is 0 Å². The van der Waals surface area contributed by atoms with Gasteiger partial charge in [-0.3, -0.25) is 4.90 Å². The van der Waals surface area contributed by atoms with E-state index in [1.54, 1.807) is 6.07 Å². The van der Waals surface area contributed by atoms with E-state index in [4.69, 9.17) is 11.5 Å². The van der Waals surface area contributed by atoms with Gasteiger partial charge in [0.2, 0.25) is 0 Å². The Bertz CT molecular complexity index is 664. The largest absolute Gasteiger partial charge is 0.398 e. The monoisotopic (exact) mass is 257 g/mol. The van der Waals surface area contributed by atoms with Crippen LogP contribution >= 0.6 is 0 Å². The highest BCUT2D eigenvalue weighted by atomic mass is 15.2. The van der Waals surface area contributed by atoms with Gasteiger partial charge in [0, 0.05) is 23.7 Å². The van der Waals surface area contributed by atoms with Gasteiger partial charge in [-0.1, -0.05) is 6.07 Å². The maximum Gasteiger partial charge on any atom is 0.126 e. The van der Waals surface area contributed by atoms with Crippen LogP contribution in [-0.4, -0.2) is 30.5 Å². The van der Waals surface area contributed by atoms with Gasteiger partial charge in [-0.2, -0.15) is 0 Å². The Kier molecular flexibility index (Phi) is 2.37. The Balaban J connectivity index is 2.33. The van der Waals surface area contributed by atoms with Crippen molar-refractivity contribution in [2.24, 2.45) is 0 Å². The van der Waals surface area contributed by atoms with Crippen molar-refractivity contribution in [3.8, 4) is 0 Å². The van der Waals surface area contributed by atoms with Crippen LogP contribution in [0.2, 0.25) is 0 Å².